The van der Waals surface area contributed by atoms with E-state index in [1.54, 1.807) is 30.5 Å². The summed E-state index contributed by atoms with van der Waals surface area (Å²) >= 11 is 0. The van der Waals surface area contributed by atoms with Gasteiger partial charge in [-0.25, -0.2) is 14.1 Å². The van der Waals surface area contributed by atoms with E-state index in [0.717, 1.165) is 42.6 Å². The Hall–Kier alpha value is -4.26. The number of fused-ring (bicyclic) bond motifs is 2. The van der Waals surface area contributed by atoms with Crippen molar-refractivity contribution in [1.29, 1.82) is 0 Å². The molecule has 192 valence electrons. The summed E-state index contributed by atoms with van der Waals surface area (Å²) in [6, 6.07) is 19.9. The minimum atomic E-state index is -0.259. The van der Waals surface area contributed by atoms with E-state index in [-0.39, 0.29) is 29.0 Å². The number of anilines is 1. The molecule has 0 spiro atoms. The van der Waals surface area contributed by atoms with Gasteiger partial charge >= 0.3 is 0 Å². The number of carbonyl (C=O) groups excluding carboxylic acids is 1. The molecule has 38 heavy (non-hydrogen) atoms. The van der Waals surface area contributed by atoms with Gasteiger partial charge in [-0.2, -0.15) is 5.10 Å². The number of nitrogens with two attached hydrogens (primary N) is 1. The Bertz CT molecular complexity index is 1510. The molecule has 0 bridgehead atoms. The van der Waals surface area contributed by atoms with E-state index in [4.69, 9.17) is 5.73 Å². The molecular formula is C31H30FN5O. The third kappa shape index (κ3) is 4.28. The maximum Gasteiger partial charge on any atom is 0.255 e. The first-order chi connectivity index (χ1) is 18.4. The van der Waals surface area contributed by atoms with Crippen LogP contribution >= 0.6 is 0 Å². The van der Waals surface area contributed by atoms with Crippen molar-refractivity contribution < 1.29 is 9.18 Å². The number of aromatic nitrogens is 3. The molecule has 2 aromatic heterocycles. The van der Waals surface area contributed by atoms with Gasteiger partial charge in [-0.15, -0.1) is 0 Å². The highest BCUT2D eigenvalue weighted by atomic mass is 19.1. The van der Waals surface area contributed by atoms with Gasteiger partial charge in [-0.1, -0.05) is 42.8 Å². The second-order valence-electron chi connectivity index (χ2n) is 10.6. The fraction of sp³-hybridized carbons (Fsp3) is 0.258. The first kappa shape index (κ1) is 24.1. The minimum Gasteiger partial charge on any atom is -0.383 e. The minimum absolute atomic E-state index is 0.0330. The van der Waals surface area contributed by atoms with Crippen LogP contribution in [0.3, 0.4) is 0 Å². The predicted octanol–water partition coefficient (Wildman–Crippen LogP) is 5.91. The maximum absolute atomic E-state index is 13.5. The van der Waals surface area contributed by atoms with E-state index < -0.39 is 0 Å². The molecule has 4 aromatic rings. The second kappa shape index (κ2) is 9.56. The molecule has 2 aromatic carbocycles. The molecule has 3 atom stereocenters. The van der Waals surface area contributed by atoms with Crippen LogP contribution in [0.2, 0.25) is 0 Å². The average Bonchev–Trinajstić information content (AvgIpc) is 3.47. The quantitative estimate of drug-likeness (QED) is 0.340. The van der Waals surface area contributed by atoms with Crippen LogP contribution in [0, 0.1) is 17.2 Å². The number of benzene rings is 2. The molecular weight excluding hydrogens is 477 g/mol. The number of allylic oxidation sites excluding steroid dienone is 1. The zero-order chi connectivity index (χ0) is 26.3. The molecule has 3 unspecified atom stereocenters. The smallest absolute Gasteiger partial charge is 0.255 e. The van der Waals surface area contributed by atoms with Crippen LogP contribution in [0.1, 0.15) is 59.4 Å². The monoisotopic (exact) mass is 507 g/mol. The van der Waals surface area contributed by atoms with Gasteiger partial charge in [0.05, 0.1) is 29.2 Å². The number of pyridine rings is 1. The topological polar surface area (TPSA) is 85.8 Å². The molecule has 6 rings (SSSR count). The van der Waals surface area contributed by atoms with Crippen molar-refractivity contribution >= 4 is 17.8 Å². The standard InChI is InChI=1S/C31H30FN5O/c1-31-18-21-19-35-37(25-13-11-24(32)12-14-25)28(21)17-23(31)10-9-22(31)16-27(20-6-3-2-4-7-20)36-30(38)26-8-5-15-34-29(26)33/h2-8,11-15,17,19,22,27H,9-10,16,18H2,1H3,(H2,33,34)(H,36,38). The van der Waals surface area contributed by atoms with Gasteiger partial charge in [0.15, 0.2) is 0 Å². The number of hydrogen-bond donors (Lipinski definition) is 2. The summed E-state index contributed by atoms with van der Waals surface area (Å²) in [5.74, 6) is 0.126. The summed E-state index contributed by atoms with van der Waals surface area (Å²) in [5, 5.41) is 7.90. The third-order valence-corrected chi connectivity index (χ3v) is 8.33. The molecule has 0 radical (unpaired) electrons. The van der Waals surface area contributed by atoms with Gasteiger partial charge in [0.25, 0.3) is 5.91 Å². The van der Waals surface area contributed by atoms with Crippen molar-refractivity contribution in [1.82, 2.24) is 20.1 Å². The molecule has 2 heterocycles. The van der Waals surface area contributed by atoms with Crippen LogP contribution in [0.25, 0.3) is 11.8 Å². The lowest BCUT2D eigenvalue weighted by Crippen LogP contribution is -2.35. The molecule has 2 aliphatic carbocycles. The van der Waals surface area contributed by atoms with E-state index in [2.05, 4.69) is 40.5 Å². The summed E-state index contributed by atoms with van der Waals surface area (Å²) in [5.41, 5.74) is 12.0. The molecule has 0 saturated heterocycles. The van der Waals surface area contributed by atoms with Gasteiger partial charge in [0.2, 0.25) is 0 Å². The number of rotatable bonds is 6. The Labute approximate surface area is 221 Å². The normalized spacial score (nSPS) is 20.8. The first-order valence-corrected chi connectivity index (χ1v) is 13.0. The second-order valence-corrected chi connectivity index (χ2v) is 10.6. The number of halogens is 1. The van der Waals surface area contributed by atoms with Gasteiger partial charge in [0, 0.05) is 6.20 Å². The fourth-order valence-corrected chi connectivity index (χ4v) is 6.19. The van der Waals surface area contributed by atoms with E-state index in [9.17, 15) is 9.18 Å². The van der Waals surface area contributed by atoms with E-state index >= 15 is 0 Å². The fourth-order valence-electron chi connectivity index (χ4n) is 6.19. The van der Waals surface area contributed by atoms with E-state index in [0.29, 0.717) is 11.5 Å². The highest BCUT2D eigenvalue weighted by molar-refractivity contribution is 5.98. The Morgan fingerprint density at radius 2 is 1.95 bits per heavy atom. The third-order valence-electron chi connectivity index (χ3n) is 8.33. The van der Waals surface area contributed by atoms with Crippen LogP contribution in [0.15, 0.2) is 84.7 Å². The lowest BCUT2D eigenvalue weighted by Gasteiger charge is -2.37. The van der Waals surface area contributed by atoms with Crippen molar-refractivity contribution in [3.05, 3.63) is 113 Å². The van der Waals surface area contributed by atoms with Crippen molar-refractivity contribution in [3.8, 4) is 5.69 Å². The van der Waals surface area contributed by atoms with Crippen LogP contribution in [0.5, 0.6) is 0 Å². The highest BCUT2D eigenvalue weighted by Gasteiger charge is 2.46. The van der Waals surface area contributed by atoms with Crippen LogP contribution < -0.4 is 11.1 Å². The SMILES string of the molecule is CC12Cc3cnn(-c4ccc(F)cc4)c3C=C1CCC2CC(NC(=O)c1cccnc1N)c1ccccc1. The summed E-state index contributed by atoms with van der Waals surface area (Å²) in [6.45, 7) is 2.34. The predicted molar refractivity (Wildman–Crippen MR) is 146 cm³/mol. The van der Waals surface area contributed by atoms with Crippen molar-refractivity contribution in [2.24, 2.45) is 11.3 Å². The summed E-state index contributed by atoms with van der Waals surface area (Å²) < 4.78 is 15.4. The van der Waals surface area contributed by atoms with Gasteiger partial charge in [-0.05, 0) is 90.6 Å². The summed E-state index contributed by atoms with van der Waals surface area (Å²) in [7, 11) is 0. The number of hydrogen-bond acceptors (Lipinski definition) is 4. The van der Waals surface area contributed by atoms with Crippen LogP contribution in [-0.4, -0.2) is 20.7 Å². The van der Waals surface area contributed by atoms with Crippen molar-refractivity contribution in [2.45, 2.75) is 38.6 Å². The van der Waals surface area contributed by atoms with Gasteiger partial charge in [-0.3, -0.25) is 4.79 Å². The number of amides is 1. The zero-order valence-electron chi connectivity index (χ0n) is 21.3. The van der Waals surface area contributed by atoms with Crippen LogP contribution in [-0.2, 0) is 6.42 Å². The molecule has 1 fully saturated rings. The molecule has 0 aliphatic heterocycles. The molecule has 7 heteroatoms. The lowest BCUT2D eigenvalue weighted by atomic mass is 9.68. The summed E-state index contributed by atoms with van der Waals surface area (Å²) in [4.78, 5) is 17.3. The van der Waals surface area contributed by atoms with Gasteiger partial charge in [0.1, 0.15) is 11.6 Å². The Morgan fingerprint density at radius 1 is 1.16 bits per heavy atom. The largest absolute Gasteiger partial charge is 0.383 e. The zero-order valence-corrected chi connectivity index (χ0v) is 21.3. The number of nitrogens with zero attached hydrogens (tertiary/aromatic N) is 3. The molecule has 3 N–H and O–H groups in total. The number of nitrogen functional groups attached to an aromatic ring is 1. The molecule has 1 saturated carbocycles. The molecule has 1 amide bonds. The maximum atomic E-state index is 13.5. The molecule has 2 aliphatic rings. The van der Waals surface area contributed by atoms with Crippen molar-refractivity contribution in [3.63, 3.8) is 0 Å². The Balaban J connectivity index is 1.28. The number of nitrogens with one attached hydrogen (secondary N) is 1. The number of carbonyl (C=O) groups is 1. The first-order valence-electron chi connectivity index (χ1n) is 13.0. The Kier molecular flexibility index (Phi) is 6.06. The highest BCUT2D eigenvalue weighted by Crippen LogP contribution is 2.55. The van der Waals surface area contributed by atoms with E-state index in [1.165, 1.54) is 23.3 Å². The van der Waals surface area contributed by atoms with Crippen molar-refractivity contribution in [2.75, 3.05) is 5.73 Å². The van der Waals surface area contributed by atoms with Gasteiger partial charge < -0.3 is 11.1 Å². The Morgan fingerprint density at radius 3 is 2.71 bits per heavy atom. The summed E-state index contributed by atoms with van der Waals surface area (Å²) in [6.07, 6.45) is 9.54. The van der Waals surface area contributed by atoms with E-state index in [1.807, 2.05) is 29.1 Å². The molecule has 6 nitrogen and oxygen atoms in total. The average molecular weight is 508 g/mol. The lowest BCUT2D eigenvalue weighted by molar-refractivity contribution is 0.0924. The van der Waals surface area contributed by atoms with Crippen LogP contribution in [0.4, 0.5) is 10.2 Å².